The predicted molar refractivity (Wildman–Crippen MR) is 91.8 cm³/mol. The SMILES string of the molecule is CCNC(=NCCc1ncc(C)s1)NC1CCc2ncnn2C1. The monoisotopic (exact) mass is 333 g/mol. The van der Waals surface area contributed by atoms with Gasteiger partial charge in [0.2, 0.25) is 0 Å². The number of nitrogens with one attached hydrogen (secondary N) is 2. The highest BCUT2D eigenvalue weighted by molar-refractivity contribution is 7.11. The highest BCUT2D eigenvalue weighted by atomic mass is 32.1. The van der Waals surface area contributed by atoms with Crippen molar-refractivity contribution in [1.82, 2.24) is 30.4 Å². The summed E-state index contributed by atoms with van der Waals surface area (Å²) in [4.78, 5) is 14.6. The van der Waals surface area contributed by atoms with E-state index >= 15 is 0 Å². The van der Waals surface area contributed by atoms with Gasteiger partial charge in [-0.1, -0.05) is 0 Å². The number of rotatable bonds is 5. The highest BCUT2D eigenvalue weighted by Gasteiger charge is 2.20. The molecule has 8 heteroatoms. The van der Waals surface area contributed by atoms with Crippen LogP contribution < -0.4 is 10.6 Å². The fourth-order valence-corrected chi connectivity index (χ4v) is 3.42. The Morgan fingerprint density at radius 2 is 2.39 bits per heavy atom. The normalized spacial score (nSPS) is 17.8. The molecule has 0 amide bonds. The predicted octanol–water partition coefficient (Wildman–Crippen LogP) is 1.16. The standard InChI is InChI=1S/C15H23N7S/c1-3-16-15(17-7-6-14-18-8-11(2)23-14)21-12-4-5-13-19-10-20-22(13)9-12/h8,10,12H,3-7,9H2,1-2H3,(H2,16,17,21). The third kappa shape index (κ3) is 4.28. The summed E-state index contributed by atoms with van der Waals surface area (Å²) < 4.78 is 1.98. The second-order valence-electron chi connectivity index (χ2n) is 5.61. The summed E-state index contributed by atoms with van der Waals surface area (Å²) >= 11 is 1.74. The molecule has 2 N–H and O–H groups in total. The van der Waals surface area contributed by atoms with Crippen molar-refractivity contribution in [2.24, 2.45) is 4.99 Å². The molecule has 3 rings (SSSR count). The van der Waals surface area contributed by atoms with E-state index in [1.165, 1.54) is 4.88 Å². The second kappa shape index (κ2) is 7.54. The minimum atomic E-state index is 0.337. The summed E-state index contributed by atoms with van der Waals surface area (Å²) in [6.07, 6.45) is 6.44. The van der Waals surface area contributed by atoms with Gasteiger partial charge in [0.15, 0.2) is 5.96 Å². The van der Waals surface area contributed by atoms with Crippen LogP contribution in [0.1, 0.15) is 29.1 Å². The topological polar surface area (TPSA) is 80.0 Å². The van der Waals surface area contributed by atoms with Crippen LogP contribution in [0.4, 0.5) is 0 Å². The first kappa shape index (κ1) is 15.9. The number of aromatic nitrogens is 4. The Morgan fingerprint density at radius 1 is 1.48 bits per heavy atom. The zero-order valence-corrected chi connectivity index (χ0v) is 14.4. The van der Waals surface area contributed by atoms with E-state index < -0.39 is 0 Å². The molecule has 0 aromatic carbocycles. The molecule has 0 radical (unpaired) electrons. The van der Waals surface area contributed by atoms with E-state index in [1.54, 1.807) is 17.7 Å². The summed E-state index contributed by atoms with van der Waals surface area (Å²) in [5.41, 5.74) is 0. The number of fused-ring (bicyclic) bond motifs is 1. The second-order valence-corrected chi connectivity index (χ2v) is 6.93. The van der Waals surface area contributed by atoms with Crippen molar-refractivity contribution in [3.05, 3.63) is 28.2 Å². The number of aryl methyl sites for hydroxylation is 2. The van der Waals surface area contributed by atoms with Gasteiger partial charge in [0.25, 0.3) is 0 Å². The van der Waals surface area contributed by atoms with Gasteiger partial charge in [-0.05, 0) is 20.3 Å². The van der Waals surface area contributed by atoms with Crippen molar-refractivity contribution in [2.75, 3.05) is 13.1 Å². The Bertz CT molecular complexity index is 660. The Hall–Kier alpha value is -1.96. The molecule has 1 atom stereocenters. The summed E-state index contributed by atoms with van der Waals surface area (Å²) in [6.45, 7) is 6.59. The first-order chi connectivity index (χ1) is 11.2. The van der Waals surface area contributed by atoms with E-state index in [0.29, 0.717) is 6.04 Å². The molecule has 0 saturated heterocycles. The van der Waals surface area contributed by atoms with Crippen LogP contribution in [0.25, 0.3) is 0 Å². The first-order valence-electron chi connectivity index (χ1n) is 8.07. The smallest absolute Gasteiger partial charge is 0.191 e. The fourth-order valence-electron chi connectivity index (χ4n) is 2.65. The number of hydrogen-bond acceptors (Lipinski definition) is 5. The van der Waals surface area contributed by atoms with Crippen LogP contribution in [0.5, 0.6) is 0 Å². The highest BCUT2D eigenvalue weighted by Crippen LogP contribution is 2.12. The number of nitrogens with zero attached hydrogens (tertiary/aromatic N) is 5. The van der Waals surface area contributed by atoms with E-state index in [1.807, 2.05) is 10.9 Å². The van der Waals surface area contributed by atoms with Crippen molar-refractivity contribution >= 4 is 17.3 Å². The molecule has 7 nitrogen and oxygen atoms in total. The Balaban J connectivity index is 1.55. The quantitative estimate of drug-likeness (QED) is 0.634. The Kier molecular flexibility index (Phi) is 5.22. The van der Waals surface area contributed by atoms with Crippen molar-refractivity contribution in [2.45, 2.75) is 45.7 Å². The minimum Gasteiger partial charge on any atom is -0.357 e. The van der Waals surface area contributed by atoms with Crippen LogP contribution in [0.15, 0.2) is 17.5 Å². The van der Waals surface area contributed by atoms with Gasteiger partial charge in [-0.2, -0.15) is 5.10 Å². The van der Waals surface area contributed by atoms with Gasteiger partial charge in [-0.25, -0.2) is 14.6 Å². The third-order valence-corrected chi connectivity index (χ3v) is 4.73. The van der Waals surface area contributed by atoms with E-state index in [0.717, 1.165) is 55.7 Å². The third-order valence-electron chi connectivity index (χ3n) is 3.76. The summed E-state index contributed by atoms with van der Waals surface area (Å²) in [7, 11) is 0. The van der Waals surface area contributed by atoms with E-state index in [2.05, 4.69) is 44.5 Å². The molecule has 2 aromatic rings. The maximum absolute atomic E-state index is 4.67. The number of thiazole rings is 1. The average molecular weight is 333 g/mol. The van der Waals surface area contributed by atoms with Gasteiger partial charge in [0.05, 0.1) is 11.6 Å². The van der Waals surface area contributed by atoms with Crippen molar-refractivity contribution in [3.8, 4) is 0 Å². The number of guanidine groups is 1. The molecular weight excluding hydrogens is 310 g/mol. The minimum absolute atomic E-state index is 0.337. The molecule has 2 aromatic heterocycles. The van der Waals surface area contributed by atoms with Crippen molar-refractivity contribution in [3.63, 3.8) is 0 Å². The lowest BCUT2D eigenvalue weighted by molar-refractivity contribution is 0.393. The molecule has 0 aliphatic carbocycles. The molecule has 3 heterocycles. The Morgan fingerprint density at radius 3 is 3.17 bits per heavy atom. The number of hydrogen-bond donors (Lipinski definition) is 2. The first-order valence-corrected chi connectivity index (χ1v) is 8.89. The lowest BCUT2D eigenvalue weighted by atomic mass is 10.1. The fraction of sp³-hybridized carbons (Fsp3) is 0.600. The van der Waals surface area contributed by atoms with Gasteiger partial charge in [0.1, 0.15) is 12.2 Å². The molecule has 1 unspecified atom stereocenters. The molecule has 0 fully saturated rings. The van der Waals surface area contributed by atoms with Crippen LogP contribution in [-0.2, 0) is 19.4 Å². The zero-order chi connectivity index (χ0) is 16.1. The van der Waals surface area contributed by atoms with Gasteiger partial charge in [-0.3, -0.25) is 4.99 Å². The lowest BCUT2D eigenvalue weighted by Crippen LogP contribution is -2.47. The van der Waals surface area contributed by atoms with Gasteiger partial charge in [-0.15, -0.1) is 11.3 Å². The molecular formula is C15H23N7S. The van der Waals surface area contributed by atoms with E-state index in [9.17, 15) is 0 Å². The average Bonchev–Trinajstić information content (AvgIpc) is 3.16. The number of aliphatic imine (C=N–C) groups is 1. The van der Waals surface area contributed by atoms with Crippen LogP contribution in [0.2, 0.25) is 0 Å². The van der Waals surface area contributed by atoms with Crippen LogP contribution >= 0.6 is 11.3 Å². The Labute approximate surface area is 140 Å². The van der Waals surface area contributed by atoms with Crippen LogP contribution in [-0.4, -0.2) is 44.8 Å². The molecule has 1 aliphatic rings. The maximum atomic E-state index is 4.67. The van der Waals surface area contributed by atoms with Crippen LogP contribution in [0.3, 0.4) is 0 Å². The molecule has 124 valence electrons. The molecule has 0 bridgehead atoms. The largest absolute Gasteiger partial charge is 0.357 e. The van der Waals surface area contributed by atoms with Gasteiger partial charge in [0, 0.05) is 43.0 Å². The summed E-state index contributed by atoms with van der Waals surface area (Å²) in [6, 6.07) is 0.337. The molecule has 0 saturated carbocycles. The summed E-state index contributed by atoms with van der Waals surface area (Å²) in [5, 5.41) is 12.2. The lowest BCUT2D eigenvalue weighted by Gasteiger charge is -2.25. The molecule has 0 spiro atoms. The van der Waals surface area contributed by atoms with Gasteiger partial charge < -0.3 is 10.6 Å². The van der Waals surface area contributed by atoms with Crippen molar-refractivity contribution < 1.29 is 0 Å². The van der Waals surface area contributed by atoms with E-state index in [4.69, 9.17) is 0 Å². The molecule has 23 heavy (non-hydrogen) atoms. The van der Waals surface area contributed by atoms with Gasteiger partial charge >= 0.3 is 0 Å². The maximum Gasteiger partial charge on any atom is 0.191 e. The molecule has 1 aliphatic heterocycles. The van der Waals surface area contributed by atoms with E-state index in [-0.39, 0.29) is 0 Å². The van der Waals surface area contributed by atoms with Crippen molar-refractivity contribution in [1.29, 1.82) is 0 Å². The van der Waals surface area contributed by atoms with Crippen LogP contribution in [0, 0.1) is 6.92 Å². The zero-order valence-electron chi connectivity index (χ0n) is 13.6. The summed E-state index contributed by atoms with van der Waals surface area (Å²) in [5.74, 6) is 1.94.